The number of aryl methyl sites for hydroxylation is 1. The van der Waals surface area contributed by atoms with Crippen LogP contribution in [0.5, 0.6) is 5.75 Å². The van der Waals surface area contributed by atoms with Crippen molar-refractivity contribution in [3.8, 4) is 5.75 Å². The molecule has 0 atom stereocenters. The lowest BCUT2D eigenvalue weighted by molar-refractivity contribution is 0.121. The number of rotatable bonds is 6. The smallest absolute Gasteiger partial charge is 0.119 e. The number of likely N-dealkylation sites (N-methyl/N-ethyl adjacent to an activating group) is 1. The zero-order chi connectivity index (χ0) is 13.5. The number of ether oxygens (including phenoxy) is 1. The first-order chi connectivity index (χ1) is 9.31. The Kier molecular flexibility index (Phi) is 5.67. The van der Waals surface area contributed by atoms with Crippen LogP contribution in [0.3, 0.4) is 0 Å². The Hall–Kier alpha value is -1.06. The topological polar surface area (TPSA) is 15.7 Å². The summed E-state index contributed by atoms with van der Waals surface area (Å²) in [5, 5.41) is 0. The third kappa shape index (κ3) is 4.51. The number of hydrogen-bond acceptors (Lipinski definition) is 3. The van der Waals surface area contributed by atoms with Crippen molar-refractivity contribution >= 4 is 0 Å². The van der Waals surface area contributed by atoms with Gasteiger partial charge in [0.15, 0.2) is 0 Å². The highest BCUT2D eigenvalue weighted by molar-refractivity contribution is 5.28. The molecule has 1 heterocycles. The maximum atomic E-state index is 5.85. The van der Waals surface area contributed by atoms with Crippen LogP contribution in [-0.2, 0) is 6.42 Å². The molecule has 0 spiro atoms. The summed E-state index contributed by atoms with van der Waals surface area (Å²) in [5.74, 6) is 1.01. The fourth-order valence-corrected chi connectivity index (χ4v) is 2.48. The van der Waals surface area contributed by atoms with Crippen LogP contribution in [0.25, 0.3) is 0 Å². The predicted octanol–water partition coefficient (Wildman–Crippen LogP) is 2.27. The SMILES string of the molecule is CCc1cccc(OCCN2CCN(CC)CC2)c1. The molecule has 106 valence electrons. The van der Waals surface area contributed by atoms with E-state index in [1.165, 1.54) is 38.3 Å². The highest BCUT2D eigenvalue weighted by Crippen LogP contribution is 2.13. The molecular formula is C16H26N2O. The van der Waals surface area contributed by atoms with Gasteiger partial charge in [0.1, 0.15) is 12.4 Å². The van der Waals surface area contributed by atoms with Crippen molar-refractivity contribution in [1.82, 2.24) is 9.80 Å². The molecule has 0 amide bonds. The summed E-state index contributed by atoms with van der Waals surface area (Å²) in [7, 11) is 0. The Bertz CT molecular complexity index is 373. The van der Waals surface area contributed by atoms with Gasteiger partial charge in [0.2, 0.25) is 0 Å². The van der Waals surface area contributed by atoms with Gasteiger partial charge < -0.3 is 9.64 Å². The van der Waals surface area contributed by atoms with Crippen molar-refractivity contribution in [3.63, 3.8) is 0 Å². The Morgan fingerprint density at radius 1 is 1.05 bits per heavy atom. The largest absolute Gasteiger partial charge is 0.492 e. The lowest BCUT2D eigenvalue weighted by Gasteiger charge is -2.33. The van der Waals surface area contributed by atoms with Crippen molar-refractivity contribution in [2.75, 3.05) is 45.9 Å². The summed E-state index contributed by atoms with van der Waals surface area (Å²) in [6, 6.07) is 8.42. The first-order valence-corrected chi connectivity index (χ1v) is 7.48. The monoisotopic (exact) mass is 262 g/mol. The van der Waals surface area contributed by atoms with Gasteiger partial charge in [0.05, 0.1) is 0 Å². The first kappa shape index (κ1) is 14.4. The molecule has 1 aliphatic heterocycles. The van der Waals surface area contributed by atoms with E-state index in [1.807, 2.05) is 6.07 Å². The second kappa shape index (κ2) is 7.51. The van der Waals surface area contributed by atoms with Crippen molar-refractivity contribution in [2.45, 2.75) is 20.3 Å². The summed E-state index contributed by atoms with van der Waals surface area (Å²) in [5.41, 5.74) is 1.34. The molecule has 0 N–H and O–H groups in total. The van der Waals surface area contributed by atoms with Gasteiger partial charge in [-0.15, -0.1) is 0 Å². The summed E-state index contributed by atoms with van der Waals surface area (Å²) < 4.78 is 5.85. The Morgan fingerprint density at radius 2 is 1.79 bits per heavy atom. The summed E-state index contributed by atoms with van der Waals surface area (Å²) in [6.45, 7) is 12.1. The highest BCUT2D eigenvalue weighted by Gasteiger charge is 2.14. The maximum absolute atomic E-state index is 5.85. The molecule has 3 heteroatoms. The zero-order valence-electron chi connectivity index (χ0n) is 12.3. The van der Waals surface area contributed by atoms with Crippen LogP contribution in [0.1, 0.15) is 19.4 Å². The van der Waals surface area contributed by atoms with Crippen LogP contribution >= 0.6 is 0 Å². The van der Waals surface area contributed by atoms with Crippen LogP contribution in [-0.4, -0.2) is 55.7 Å². The molecule has 19 heavy (non-hydrogen) atoms. The normalized spacial score (nSPS) is 17.6. The van der Waals surface area contributed by atoms with Gasteiger partial charge in [0.25, 0.3) is 0 Å². The highest BCUT2D eigenvalue weighted by atomic mass is 16.5. The lowest BCUT2D eigenvalue weighted by Crippen LogP contribution is -2.47. The van der Waals surface area contributed by atoms with Gasteiger partial charge in [-0.05, 0) is 30.7 Å². The Balaban J connectivity index is 1.69. The van der Waals surface area contributed by atoms with Gasteiger partial charge in [0, 0.05) is 32.7 Å². The number of nitrogens with zero attached hydrogens (tertiary/aromatic N) is 2. The molecule has 2 rings (SSSR count). The summed E-state index contributed by atoms with van der Waals surface area (Å²) in [4.78, 5) is 5.00. The second-order valence-corrected chi connectivity index (χ2v) is 5.13. The average Bonchev–Trinajstić information content (AvgIpc) is 2.48. The predicted molar refractivity (Wildman–Crippen MR) is 79.9 cm³/mol. The molecule has 1 aliphatic rings. The van der Waals surface area contributed by atoms with E-state index < -0.39 is 0 Å². The summed E-state index contributed by atoms with van der Waals surface area (Å²) >= 11 is 0. The van der Waals surface area contributed by atoms with E-state index in [9.17, 15) is 0 Å². The minimum absolute atomic E-state index is 0.791. The molecule has 0 radical (unpaired) electrons. The standard InChI is InChI=1S/C16H26N2O/c1-3-15-6-5-7-16(14-15)19-13-12-18-10-8-17(4-2)9-11-18/h5-7,14H,3-4,8-13H2,1-2H3. The fourth-order valence-electron chi connectivity index (χ4n) is 2.48. The zero-order valence-corrected chi connectivity index (χ0v) is 12.3. The third-order valence-electron chi connectivity index (χ3n) is 3.90. The Labute approximate surface area is 117 Å². The molecule has 0 aliphatic carbocycles. The van der Waals surface area contributed by atoms with Crippen LogP contribution in [0.15, 0.2) is 24.3 Å². The fraction of sp³-hybridized carbons (Fsp3) is 0.625. The Morgan fingerprint density at radius 3 is 2.47 bits per heavy atom. The van der Waals surface area contributed by atoms with Crippen molar-refractivity contribution in [3.05, 3.63) is 29.8 Å². The van der Waals surface area contributed by atoms with Crippen molar-refractivity contribution in [2.24, 2.45) is 0 Å². The number of hydrogen-bond donors (Lipinski definition) is 0. The maximum Gasteiger partial charge on any atom is 0.119 e. The molecule has 0 saturated carbocycles. The summed E-state index contributed by atoms with van der Waals surface area (Å²) in [6.07, 6.45) is 1.07. The molecule has 0 aromatic heterocycles. The van der Waals surface area contributed by atoms with E-state index in [0.29, 0.717) is 0 Å². The minimum Gasteiger partial charge on any atom is -0.492 e. The molecule has 1 fully saturated rings. The van der Waals surface area contributed by atoms with E-state index in [4.69, 9.17) is 4.74 Å². The van der Waals surface area contributed by atoms with Crippen LogP contribution in [0.4, 0.5) is 0 Å². The first-order valence-electron chi connectivity index (χ1n) is 7.48. The molecule has 0 bridgehead atoms. The van der Waals surface area contributed by atoms with E-state index in [1.54, 1.807) is 0 Å². The lowest BCUT2D eigenvalue weighted by atomic mass is 10.2. The molecule has 1 aromatic rings. The number of piperazine rings is 1. The molecular weight excluding hydrogens is 236 g/mol. The van der Waals surface area contributed by atoms with Gasteiger partial charge in [-0.1, -0.05) is 26.0 Å². The molecule has 1 saturated heterocycles. The van der Waals surface area contributed by atoms with Crippen molar-refractivity contribution in [1.29, 1.82) is 0 Å². The van der Waals surface area contributed by atoms with Gasteiger partial charge in [-0.3, -0.25) is 4.90 Å². The molecule has 0 unspecified atom stereocenters. The average molecular weight is 262 g/mol. The van der Waals surface area contributed by atoms with Crippen LogP contribution in [0, 0.1) is 0 Å². The van der Waals surface area contributed by atoms with Crippen molar-refractivity contribution < 1.29 is 4.74 Å². The molecule has 3 nitrogen and oxygen atoms in total. The third-order valence-corrected chi connectivity index (χ3v) is 3.90. The van der Waals surface area contributed by atoms with Gasteiger partial charge in [-0.2, -0.15) is 0 Å². The van der Waals surface area contributed by atoms with Gasteiger partial charge in [-0.25, -0.2) is 0 Å². The van der Waals surface area contributed by atoms with E-state index in [0.717, 1.165) is 25.3 Å². The van der Waals surface area contributed by atoms with Gasteiger partial charge >= 0.3 is 0 Å². The van der Waals surface area contributed by atoms with E-state index in [-0.39, 0.29) is 0 Å². The van der Waals surface area contributed by atoms with E-state index in [2.05, 4.69) is 41.8 Å². The van der Waals surface area contributed by atoms with Crippen LogP contribution < -0.4 is 4.74 Å². The van der Waals surface area contributed by atoms with E-state index >= 15 is 0 Å². The molecule has 1 aromatic carbocycles. The minimum atomic E-state index is 0.791. The quantitative estimate of drug-likeness (QED) is 0.782. The second-order valence-electron chi connectivity index (χ2n) is 5.13. The van der Waals surface area contributed by atoms with Crippen LogP contribution in [0.2, 0.25) is 0 Å². The number of benzene rings is 1.